The van der Waals surface area contributed by atoms with Crippen LogP contribution < -0.4 is 5.32 Å². The largest absolute Gasteiger partial charge is 0.358 e. The van der Waals surface area contributed by atoms with Crippen LogP contribution in [0, 0.1) is 0 Å². The van der Waals surface area contributed by atoms with Gasteiger partial charge in [-0.05, 0) is 7.05 Å². The van der Waals surface area contributed by atoms with E-state index in [4.69, 9.17) is 0 Å². The molecule has 1 N–H and O–H groups in total. The summed E-state index contributed by atoms with van der Waals surface area (Å²) in [4.78, 5) is 20.5. The van der Waals surface area contributed by atoms with E-state index in [1.165, 1.54) is 0 Å². The highest BCUT2D eigenvalue weighted by atomic mass is 16.2. The summed E-state index contributed by atoms with van der Waals surface area (Å²) in [6.07, 6.45) is 3.75. The number of imidazole rings is 1. The maximum atomic E-state index is 11.8. The Bertz CT molecular complexity index is 416. The molecule has 0 aromatic carbocycles. The molecule has 0 unspecified atom stereocenters. The average molecular weight is 251 g/mol. The number of rotatable bonds is 3. The van der Waals surface area contributed by atoms with Crippen LogP contribution in [0.4, 0.5) is 0 Å². The number of hydrogen-bond acceptors (Lipinski definition) is 4. The normalized spacial score (nSPS) is 22.1. The number of amides is 1. The Morgan fingerprint density at radius 2 is 2.28 bits per heavy atom. The molecule has 2 rings (SSSR count). The van der Waals surface area contributed by atoms with Crippen molar-refractivity contribution < 1.29 is 4.79 Å². The quantitative estimate of drug-likeness (QED) is 0.770. The first kappa shape index (κ1) is 13.0. The van der Waals surface area contributed by atoms with Gasteiger partial charge in [0.15, 0.2) is 0 Å². The van der Waals surface area contributed by atoms with Gasteiger partial charge in [-0.3, -0.25) is 14.6 Å². The third-order valence-corrected chi connectivity index (χ3v) is 3.57. The standard InChI is InChI=1S/C12H21N5O/c1-13-12(18)10-8-17(7-6-15(10)2)9-11-14-4-5-16(11)3/h4-5,10H,6-9H2,1-3H3,(H,13,18)/t10-/m0/s1. The molecular formula is C12H21N5O. The summed E-state index contributed by atoms with van der Waals surface area (Å²) in [5, 5.41) is 2.73. The Morgan fingerprint density at radius 3 is 2.89 bits per heavy atom. The molecule has 1 fully saturated rings. The zero-order valence-electron chi connectivity index (χ0n) is 11.3. The van der Waals surface area contributed by atoms with Crippen molar-refractivity contribution in [1.29, 1.82) is 0 Å². The molecule has 0 bridgehead atoms. The summed E-state index contributed by atoms with van der Waals surface area (Å²) in [5.41, 5.74) is 0. The second-order valence-electron chi connectivity index (χ2n) is 4.80. The van der Waals surface area contributed by atoms with Crippen molar-refractivity contribution in [1.82, 2.24) is 24.7 Å². The first-order chi connectivity index (χ1) is 8.61. The predicted octanol–water partition coefficient (Wildman–Crippen LogP) is -0.718. The van der Waals surface area contributed by atoms with Gasteiger partial charge in [-0.25, -0.2) is 4.98 Å². The molecule has 6 heteroatoms. The second kappa shape index (κ2) is 5.49. The van der Waals surface area contributed by atoms with Gasteiger partial charge in [0.25, 0.3) is 0 Å². The van der Waals surface area contributed by atoms with Crippen LogP contribution >= 0.6 is 0 Å². The van der Waals surface area contributed by atoms with E-state index in [-0.39, 0.29) is 11.9 Å². The van der Waals surface area contributed by atoms with Crippen LogP contribution in [0.5, 0.6) is 0 Å². The molecule has 1 amide bonds. The maximum absolute atomic E-state index is 11.8. The zero-order chi connectivity index (χ0) is 13.1. The molecule has 0 saturated carbocycles. The van der Waals surface area contributed by atoms with Gasteiger partial charge in [0.2, 0.25) is 5.91 Å². The number of hydrogen-bond donors (Lipinski definition) is 1. The van der Waals surface area contributed by atoms with E-state index in [1.807, 2.05) is 31.1 Å². The van der Waals surface area contributed by atoms with Crippen molar-refractivity contribution in [3.63, 3.8) is 0 Å². The maximum Gasteiger partial charge on any atom is 0.238 e. The number of carbonyl (C=O) groups excluding carboxylic acids is 1. The van der Waals surface area contributed by atoms with Gasteiger partial charge in [-0.15, -0.1) is 0 Å². The van der Waals surface area contributed by atoms with Crippen molar-refractivity contribution in [3.8, 4) is 0 Å². The fourth-order valence-electron chi connectivity index (χ4n) is 2.27. The number of nitrogens with one attached hydrogen (secondary N) is 1. The lowest BCUT2D eigenvalue weighted by molar-refractivity contribution is -0.127. The van der Waals surface area contributed by atoms with Crippen LogP contribution in [0.3, 0.4) is 0 Å². The van der Waals surface area contributed by atoms with E-state index in [9.17, 15) is 4.79 Å². The lowest BCUT2D eigenvalue weighted by Gasteiger charge is -2.38. The molecule has 1 saturated heterocycles. The summed E-state index contributed by atoms with van der Waals surface area (Å²) in [6, 6.07) is -0.0657. The first-order valence-electron chi connectivity index (χ1n) is 6.22. The van der Waals surface area contributed by atoms with E-state index in [0.29, 0.717) is 0 Å². The molecule has 1 aliphatic rings. The number of aryl methyl sites for hydroxylation is 1. The van der Waals surface area contributed by atoms with E-state index in [2.05, 4.69) is 20.1 Å². The SMILES string of the molecule is CNC(=O)[C@@H]1CN(Cc2nccn2C)CCN1C. The molecule has 18 heavy (non-hydrogen) atoms. The minimum Gasteiger partial charge on any atom is -0.358 e. The third-order valence-electron chi connectivity index (χ3n) is 3.57. The molecule has 1 atom stereocenters. The van der Waals surface area contributed by atoms with Crippen molar-refractivity contribution >= 4 is 5.91 Å². The third kappa shape index (κ3) is 2.70. The Labute approximate surface area is 108 Å². The van der Waals surface area contributed by atoms with Crippen LogP contribution in [-0.4, -0.2) is 65.0 Å². The number of carbonyl (C=O) groups is 1. The van der Waals surface area contributed by atoms with Crippen LogP contribution in [0.25, 0.3) is 0 Å². The summed E-state index contributed by atoms with van der Waals surface area (Å²) in [7, 11) is 5.68. The molecule has 6 nitrogen and oxygen atoms in total. The highest BCUT2D eigenvalue weighted by molar-refractivity contribution is 5.81. The summed E-state index contributed by atoms with van der Waals surface area (Å²) in [6.45, 7) is 3.42. The van der Waals surface area contributed by atoms with Gasteiger partial charge in [-0.2, -0.15) is 0 Å². The van der Waals surface area contributed by atoms with Crippen molar-refractivity contribution in [2.45, 2.75) is 12.6 Å². The van der Waals surface area contributed by atoms with E-state index in [0.717, 1.165) is 32.0 Å². The molecule has 1 aromatic heterocycles. The highest BCUT2D eigenvalue weighted by Gasteiger charge is 2.29. The van der Waals surface area contributed by atoms with Gasteiger partial charge in [0, 0.05) is 46.1 Å². The van der Waals surface area contributed by atoms with Crippen molar-refractivity contribution in [2.24, 2.45) is 7.05 Å². The summed E-state index contributed by atoms with van der Waals surface area (Å²) >= 11 is 0. The second-order valence-corrected chi connectivity index (χ2v) is 4.80. The van der Waals surface area contributed by atoms with Crippen LogP contribution in [-0.2, 0) is 18.4 Å². The topological polar surface area (TPSA) is 53.4 Å². The molecule has 0 radical (unpaired) electrons. The lowest BCUT2D eigenvalue weighted by Crippen LogP contribution is -2.56. The predicted molar refractivity (Wildman–Crippen MR) is 69.0 cm³/mol. The smallest absolute Gasteiger partial charge is 0.238 e. The molecule has 0 spiro atoms. The average Bonchev–Trinajstić information content (AvgIpc) is 2.76. The fourth-order valence-corrected chi connectivity index (χ4v) is 2.27. The number of aromatic nitrogens is 2. The molecule has 100 valence electrons. The molecule has 1 aromatic rings. The Kier molecular flexibility index (Phi) is 3.98. The molecule has 2 heterocycles. The summed E-state index contributed by atoms with van der Waals surface area (Å²) in [5.74, 6) is 1.12. The van der Waals surface area contributed by atoms with Crippen molar-refractivity contribution in [2.75, 3.05) is 33.7 Å². The van der Waals surface area contributed by atoms with Crippen LogP contribution in [0.15, 0.2) is 12.4 Å². The Hall–Kier alpha value is -1.40. The number of piperazine rings is 1. The highest BCUT2D eigenvalue weighted by Crippen LogP contribution is 2.11. The minimum atomic E-state index is -0.0657. The van der Waals surface area contributed by atoms with Crippen molar-refractivity contribution in [3.05, 3.63) is 18.2 Å². The number of nitrogens with zero attached hydrogens (tertiary/aromatic N) is 4. The zero-order valence-corrected chi connectivity index (χ0v) is 11.3. The summed E-state index contributed by atoms with van der Waals surface area (Å²) < 4.78 is 2.02. The lowest BCUT2D eigenvalue weighted by atomic mass is 10.1. The van der Waals surface area contributed by atoms with E-state index in [1.54, 1.807) is 7.05 Å². The minimum absolute atomic E-state index is 0.0657. The fraction of sp³-hybridized carbons (Fsp3) is 0.667. The number of likely N-dealkylation sites (N-methyl/N-ethyl adjacent to an activating group) is 2. The molecule has 0 aliphatic carbocycles. The molecular weight excluding hydrogens is 230 g/mol. The van der Waals surface area contributed by atoms with E-state index >= 15 is 0 Å². The van der Waals surface area contributed by atoms with E-state index < -0.39 is 0 Å². The van der Waals surface area contributed by atoms with Gasteiger partial charge >= 0.3 is 0 Å². The Morgan fingerprint density at radius 1 is 1.50 bits per heavy atom. The van der Waals surface area contributed by atoms with Gasteiger partial charge < -0.3 is 9.88 Å². The van der Waals surface area contributed by atoms with Gasteiger partial charge in [0.05, 0.1) is 6.54 Å². The monoisotopic (exact) mass is 251 g/mol. The van der Waals surface area contributed by atoms with Crippen LogP contribution in [0.1, 0.15) is 5.82 Å². The Balaban J connectivity index is 1.99. The van der Waals surface area contributed by atoms with Gasteiger partial charge in [0.1, 0.15) is 11.9 Å². The molecule has 1 aliphatic heterocycles. The van der Waals surface area contributed by atoms with Crippen LogP contribution in [0.2, 0.25) is 0 Å². The first-order valence-corrected chi connectivity index (χ1v) is 6.22. The van der Waals surface area contributed by atoms with Gasteiger partial charge in [-0.1, -0.05) is 0 Å².